The van der Waals surface area contributed by atoms with E-state index in [9.17, 15) is 14.7 Å². The van der Waals surface area contributed by atoms with Crippen LogP contribution in [-0.4, -0.2) is 47.7 Å². The van der Waals surface area contributed by atoms with Gasteiger partial charge in [0.2, 0.25) is 5.91 Å². The van der Waals surface area contributed by atoms with Crippen molar-refractivity contribution in [3.8, 4) is 11.5 Å². The molecule has 0 bridgehead atoms. The van der Waals surface area contributed by atoms with Crippen LogP contribution in [0.15, 0.2) is 16.6 Å². The number of fused-ring (bicyclic) bond motifs is 1. The Morgan fingerprint density at radius 2 is 1.95 bits per heavy atom. The van der Waals surface area contributed by atoms with Crippen LogP contribution < -0.4 is 9.47 Å². The number of aliphatic carboxylic acids is 1. The second kappa shape index (κ2) is 6.16. The largest absolute Gasteiger partial charge is 0.486 e. The highest BCUT2D eigenvalue weighted by molar-refractivity contribution is 9.10. The van der Waals surface area contributed by atoms with E-state index >= 15 is 0 Å². The summed E-state index contributed by atoms with van der Waals surface area (Å²) in [5.41, 5.74) is 0.769. The molecule has 2 heterocycles. The number of likely N-dealkylation sites (tertiary alicyclic amines) is 1. The molecule has 3 rings (SSSR count). The number of ether oxygens (including phenoxy) is 2. The van der Waals surface area contributed by atoms with Crippen LogP contribution in [0, 0.1) is 0 Å². The van der Waals surface area contributed by atoms with E-state index < -0.39 is 12.0 Å². The standard InChI is InChI=1S/C15H16BrNO5/c16-10-8-13-12(21-4-5-22-13)6-9(10)7-14(18)17-3-1-2-11(17)15(19)20/h6,8,11H,1-5,7H2,(H,19,20). The Balaban J connectivity index is 1.78. The summed E-state index contributed by atoms with van der Waals surface area (Å²) < 4.78 is 11.8. The highest BCUT2D eigenvalue weighted by Crippen LogP contribution is 2.36. The van der Waals surface area contributed by atoms with Crippen molar-refractivity contribution in [2.24, 2.45) is 0 Å². The summed E-state index contributed by atoms with van der Waals surface area (Å²) in [6.45, 7) is 1.49. The van der Waals surface area contributed by atoms with Crippen molar-refractivity contribution >= 4 is 27.8 Å². The fourth-order valence-electron chi connectivity index (χ4n) is 2.83. The van der Waals surface area contributed by atoms with Crippen LogP contribution in [0.25, 0.3) is 0 Å². The number of rotatable bonds is 3. The van der Waals surface area contributed by atoms with Gasteiger partial charge < -0.3 is 19.5 Å². The Hall–Kier alpha value is -1.76. The quantitative estimate of drug-likeness (QED) is 0.879. The fraction of sp³-hybridized carbons (Fsp3) is 0.467. The van der Waals surface area contributed by atoms with E-state index in [1.54, 1.807) is 12.1 Å². The minimum atomic E-state index is -0.938. The van der Waals surface area contributed by atoms with Gasteiger partial charge in [-0.15, -0.1) is 0 Å². The van der Waals surface area contributed by atoms with Crippen LogP contribution in [0.3, 0.4) is 0 Å². The van der Waals surface area contributed by atoms with Crippen molar-refractivity contribution in [2.45, 2.75) is 25.3 Å². The molecular formula is C15H16BrNO5. The first-order chi connectivity index (χ1) is 10.6. The number of benzene rings is 1. The second-order valence-corrected chi connectivity index (χ2v) is 6.20. The number of carbonyl (C=O) groups is 2. The molecule has 2 aliphatic rings. The Morgan fingerprint density at radius 3 is 2.64 bits per heavy atom. The molecule has 0 saturated carbocycles. The van der Waals surface area contributed by atoms with Gasteiger partial charge in [0.05, 0.1) is 6.42 Å². The van der Waals surface area contributed by atoms with Crippen molar-refractivity contribution in [3.05, 3.63) is 22.2 Å². The van der Waals surface area contributed by atoms with Gasteiger partial charge >= 0.3 is 5.97 Å². The summed E-state index contributed by atoms with van der Waals surface area (Å²) in [6, 6.07) is 2.86. The van der Waals surface area contributed by atoms with Gasteiger partial charge in [0, 0.05) is 11.0 Å². The van der Waals surface area contributed by atoms with Gasteiger partial charge in [0.15, 0.2) is 11.5 Å². The van der Waals surface area contributed by atoms with E-state index in [1.807, 2.05) is 0 Å². The predicted octanol–water partition coefficient (Wildman–Crippen LogP) is 1.84. The van der Waals surface area contributed by atoms with E-state index in [1.165, 1.54) is 4.90 Å². The van der Waals surface area contributed by atoms with E-state index in [0.29, 0.717) is 37.7 Å². The molecule has 7 heteroatoms. The maximum Gasteiger partial charge on any atom is 0.326 e. The Kier molecular flexibility index (Phi) is 4.24. The lowest BCUT2D eigenvalue weighted by atomic mass is 10.1. The zero-order chi connectivity index (χ0) is 15.7. The Morgan fingerprint density at radius 1 is 1.27 bits per heavy atom. The molecule has 0 spiro atoms. The molecule has 1 fully saturated rings. The molecule has 1 aromatic carbocycles. The number of carboxylic acid groups (broad SMARTS) is 1. The van der Waals surface area contributed by atoms with Crippen molar-refractivity contribution in [1.29, 1.82) is 0 Å². The van der Waals surface area contributed by atoms with E-state index in [2.05, 4.69) is 15.9 Å². The minimum absolute atomic E-state index is 0.140. The molecule has 1 saturated heterocycles. The van der Waals surface area contributed by atoms with Gasteiger partial charge in [-0.05, 0) is 30.5 Å². The zero-order valence-electron chi connectivity index (χ0n) is 11.9. The molecule has 1 amide bonds. The number of hydrogen-bond acceptors (Lipinski definition) is 4. The highest BCUT2D eigenvalue weighted by Gasteiger charge is 2.34. The summed E-state index contributed by atoms with van der Waals surface area (Å²) in [5, 5.41) is 9.17. The maximum atomic E-state index is 12.4. The molecule has 0 aliphatic carbocycles. The normalized spacial score (nSPS) is 20.0. The maximum absolute atomic E-state index is 12.4. The molecule has 1 aromatic rings. The SMILES string of the molecule is O=C(O)C1CCCN1C(=O)Cc1cc2c(cc1Br)OCCO2. The number of hydrogen-bond donors (Lipinski definition) is 1. The van der Waals surface area contributed by atoms with Gasteiger partial charge in [-0.2, -0.15) is 0 Å². The predicted molar refractivity (Wildman–Crippen MR) is 81.2 cm³/mol. The van der Waals surface area contributed by atoms with Crippen LogP contribution >= 0.6 is 15.9 Å². The molecule has 1 N–H and O–H groups in total. The van der Waals surface area contributed by atoms with E-state index in [4.69, 9.17) is 9.47 Å². The zero-order valence-corrected chi connectivity index (χ0v) is 13.5. The summed E-state index contributed by atoms with van der Waals surface area (Å²) in [5.74, 6) is 0.154. The molecule has 118 valence electrons. The Bertz CT molecular complexity index is 618. The average Bonchev–Trinajstić information content (AvgIpc) is 2.97. The molecular weight excluding hydrogens is 354 g/mol. The molecule has 1 unspecified atom stereocenters. The van der Waals surface area contributed by atoms with Crippen molar-refractivity contribution in [1.82, 2.24) is 4.90 Å². The number of carboxylic acids is 1. The molecule has 2 aliphatic heterocycles. The number of carbonyl (C=O) groups excluding carboxylic acids is 1. The third-order valence-corrected chi connectivity index (χ3v) is 4.65. The minimum Gasteiger partial charge on any atom is -0.486 e. The second-order valence-electron chi connectivity index (χ2n) is 5.35. The van der Waals surface area contributed by atoms with Crippen molar-refractivity contribution in [3.63, 3.8) is 0 Å². The first kappa shape index (κ1) is 15.1. The lowest BCUT2D eigenvalue weighted by molar-refractivity contribution is -0.148. The first-order valence-corrected chi connectivity index (χ1v) is 7.96. The molecule has 1 atom stereocenters. The summed E-state index contributed by atoms with van der Waals surface area (Å²) in [7, 11) is 0. The van der Waals surface area contributed by atoms with Crippen molar-refractivity contribution in [2.75, 3.05) is 19.8 Å². The number of nitrogens with zero attached hydrogens (tertiary/aromatic N) is 1. The van der Waals surface area contributed by atoms with Gasteiger partial charge in [0.1, 0.15) is 19.3 Å². The van der Waals surface area contributed by atoms with E-state index in [0.717, 1.165) is 16.5 Å². The van der Waals surface area contributed by atoms with Crippen LogP contribution in [0.2, 0.25) is 0 Å². The van der Waals surface area contributed by atoms with Crippen LogP contribution in [0.1, 0.15) is 18.4 Å². The van der Waals surface area contributed by atoms with Crippen LogP contribution in [0.4, 0.5) is 0 Å². The topological polar surface area (TPSA) is 76.1 Å². The average molecular weight is 370 g/mol. The molecule has 22 heavy (non-hydrogen) atoms. The summed E-state index contributed by atoms with van der Waals surface area (Å²) >= 11 is 3.43. The lowest BCUT2D eigenvalue weighted by Crippen LogP contribution is -2.41. The fourth-order valence-corrected chi connectivity index (χ4v) is 3.29. The number of amides is 1. The van der Waals surface area contributed by atoms with E-state index in [-0.39, 0.29) is 12.3 Å². The van der Waals surface area contributed by atoms with Gasteiger partial charge in [-0.1, -0.05) is 15.9 Å². The smallest absolute Gasteiger partial charge is 0.326 e. The monoisotopic (exact) mass is 369 g/mol. The lowest BCUT2D eigenvalue weighted by Gasteiger charge is -2.23. The van der Waals surface area contributed by atoms with Gasteiger partial charge in [0.25, 0.3) is 0 Å². The van der Waals surface area contributed by atoms with Crippen LogP contribution in [0.5, 0.6) is 11.5 Å². The molecule has 0 radical (unpaired) electrons. The van der Waals surface area contributed by atoms with Crippen LogP contribution in [-0.2, 0) is 16.0 Å². The van der Waals surface area contributed by atoms with Gasteiger partial charge in [-0.3, -0.25) is 4.79 Å². The third-order valence-electron chi connectivity index (χ3n) is 3.91. The molecule has 6 nitrogen and oxygen atoms in total. The summed E-state index contributed by atoms with van der Waals surface area (Å²) in [4.78, 5) is 25.1. The highest BCUT2D eigenvalue weighted by atomic mass is 79.9. The first-order valence-electron chi connectivity index (χ1n) is 7.16. The third kappa shape index (κ3) is 2.90. The Labute approximate surface area is 136 Å². The summed E-state index contributed by atoms with van der Waals surface area (Å²) in [6.07, 6.45) is 1.38. The van der Waals surface area contributed by atoms with Gasteiger partial charge in [-0.25, -0.2) is 4.79 Å². The number of halogens is 1. The van der Waals surface area contributed by atoms with Crippen molar-refractivity contribution < 1.29 is 24.2 Å². The molecule has 0 aromatic heterocycles.